The third-order valence-corrected chi connectivity index (χ3v) is 8.37. The number of carbonyl (C=O) groups is 4. The van der Waals surface area contributed by atoms with Gasteiger partial charge in [-0.2, -0.15) is 0 Å². The molecule has 0 aliphatic heterocycles. The molecule has 43 heavy (non-hydrogen) atoms. The highest BCUT2D eigenvalue weighted by molar-refractivity contribution is 14.1. The number of hydrogen-bond acceptors (Lipinski definition) is 8. The lowest BCUT2D eigenvalue weighted by Gasteiger charge is -2.41. The molecule has 0 saturated carbocycles. The number of aliphatic hydroxyl groups is 2. The Hall–Kier alpha value is -2.71. The van der Waals surface area contributed by atoms with Crippen molar-refractivity contribution in [2.24, 2.45) is 0 Å². The summed E-state index contributed by atoms with van der Waals surface area (Å²) < 4.78 is 12.2. The molecule has 3 atom stereocenters. The summed E-state index contributed by atoms with van der Waals surface area (Å²) in [6.45, 7) is 1.21. The summed E-state index contributed by atoms with van der Waals surface area (Å²) in [5, 5.41) is 24.2. The maximum absolute atomic E-state index is 13.7. The van der Waals surface area contributed by atoms with E-state index in [1.54, 1.807) is 24.3 Å². The molecule has 3 rings (SSSR count). The van der Waals surface area contributed by atoms with Crippen LogP contribution in [0.2, 0.25) is 10.0 Å². The number of ketones is 1. The fourth-order valence-corrected chi connectivity index (χ4v) is 5.77. The molecule has 0 saturated heterocycles. The van der Waals surface area contributed by atoms with Gasteiger partial charge in [-0.1, -0.05) is 29.3 Å². The lowest BCUT2D eigenvalue weighted by molar-refractivity contribution is -0.139. The van der Waals surface area contributed by atoms with Crippen LogP contribution in [0.25, 0.3) is 0 Å². The van der Waals surface area contributed by atoms with Gasteiger partial charge in [0.15, 0.2) is 11.5 Å². The van der Waals surface area contributed by atoms with Crippen LogP contribution in [-0.4, -0.2) is 77.5 Å². The molecule has 2 amide bonds. The first kappa shape index (κ1) is 34.8. The van der Waals surface area contributed by atoms with Gasteiger partial charge in [-0.05, 0) is 71.8 Å². The Morgan fingerprint density at radius 1 is 1.16 bits per heavy atom. The molecule has 2 aromatic rings. The molecule has 0 bridgehead atoms. The average molecular weight is 747 g/mol. The van der Waals surface area contributed by atoms with Crippen LogP contribution in [0.1, 0.15) is 48.5 Å². The fraction of sp³-hybridized carbons (Fsp3) is 0.400. The van der Waals surface area contributed by atoms with E-state index in [0.29, 0.717) is 32.4 Å². The van der Waals surface area contributed by atoms with E-state index in [4.69, 9.17) is 32.7 Å². The first-order chi connectivity index (χ1) is 20.5. The lowest BCUT2D eigenvalue weighted by Crippen LogP contribution is -2.54. The molecule has 0 aromatic heterocycles. The molecule has 232 valence electrons. The maximum Gasteiger partial charge on any atom is 0.247 e. The van der Waals surface area contributed by atoms with E-state index < -0.39 is 24.2 Å². The predicted molar refractivity (Wildman–Crippen MR) is 170 cm³/mol. The molecule has 2 aromatic carbocycles. The topological polar surface area (TPSA) is 142 Å². The molecule has 10 nitrogen and oxygen atoms in total. The minimum Gasteiger partial charge on any atom is -0.493 e. The van der Waals surface area contributed by atoms with E-state index in [1.807, 2.05) is 22.6 Å². The first-order valence-corrected chi connectivity index (χ1v) is 15.3. The monoisotopic (exact) mass is 746 g/mol. The summed E-state index contributed by atoms with van der Waals surface area (Å²) in [7, 11) is 1.41. The number of aldehydes is 1. The molecule has 13 heteroatoms. The van der Waals surface area contributed by atoms with E-state index in [2.05, 4.69) is 5.32 Å². The molecule has 1 aliphatic rings. The number of nitrogens with zero attached hydrogens (tertiary/aromatic N) is 1. The molecule has 1 aliphatic carbocycles. The Balaban J connectivity index is 2.05. The van der Waals surface area contributed by atoms with Crippen molar-refractivity contribution in [2.75, 3.05) is 20.3 Å². The number of aliphatic hydroxyl groups excluding tert-OH is 2. The van der Waals surface area contributed by atoms with Gasteiger partial charge in [0.25, 0.3) is 0 Å². The van der Waals surface area contributed by atoms with Crippen molar-refractivity contribution in [3.8, 4) is 11.5 Å². The van der Waals surface area contributed by atoms with Gasteiger partial charge < -0.3 is 34.7 Å². The van der Waals surface area contributed by atoms with E-state index in [1.165, 1.54) is 31.1 Å². The minimum atomic E-state index is -1.31. The second-order valence-electron chi connectivity index (χ2n) is 9.99. The Labute approximate surface area is 273 Å². The Bertz CT molecular complexity index is 1390. The largest absolute Gasteiger partial charge is 0.493 e. The van der Waals surface area contributed by atoms with Gasteiger partial charge in [-0.15, -0.1) is 0 Å². The molecule has 0 spiro atoms. The number of ether oxygens (including phenoxy) is 2. The number of benzene rings is 2. The first-order valence-electron chi connectivity index (χ1n) is 13.5. The fourth-order valence-electron chi connectivity index (χ4n) is 4.70. The van der Waals surface area contributed by atoms with Gasteiger partial charge in [0.1, 0.15) is 24.3 Å². The molecule has 0 heterocycles. The van der Waals surface area contributed by atoms with E-state index >= 15 is 0 Å². The van der Waals surface area contributed by atoms with Crippen molar-refractivity contribution >= 4 is 69.7 Å². The third-order valence-electron chi connectivity index (χ3n) is 6.83. The van der Waals surface area contributed by atoms with Gasteiger partial charge in [0, 0.05) is 43.5 Å². The van der Waals surface area contributed by atoms with Gasteiger partial charge >= 0.3 is 0 Å². The Kier molecular flexibility index (Phi) is 13.3. The van der Waals surface area contributed by atoms with Crippen molar-refractivity contribution in [3.05, 3.63) is 66.7 Å². The number of halogens is 3. The molecule has 3 unspecified atom stereocenters. The van der Waals surface area contributed by atoms with Gasteiger partial charge in [-0.25, -0.2) is 0 Å². The number of amides is 2. The van der Waals surface area contributed by atoms with Crippen molar-refractivity contribution in [1.82, 2.24) is 10.2 Å². The van der Waals surface area contributed by atoms with Crippen LogP contribution < -0.4 is 14.8 Å². The number of nitrogens with one attached hydrogen (secondary N) is 1. The molecule has 0 fully saturated rings. The maximum atomic E-state index is 13.7. The molecule has 0 radical (unpaired) electrons. The van der Waals surface area contributed by atoms with Crippen molar-refractivity contribution < 1.29 is 38.9 Å². The number of hydrogen-bond donors (Lipinski definition) is 3. The SMILES string of the molecule is COc1cc(C=O)cc(I)c1OC1C=C(C(=O)NCCO)CC(N(Cc2ccc(Cl)c(Cl)c2)C(=O)CCCC(C)=O)C1O. The lowest BCUT2D eigenvalue weighted by atomic mass is 9.87. The number of carbonyl (C=O) groups excluding carboxylic acids is 4. The number of Topliss-reactive ketones (excluding diaryl/α,β-unsaturated/α-hetero) is 1. The Morgan fingerprint density at radius 3 is 2.53 bits per heavy atom. The molecular weight excluding hydrogens is 714 g/mol. The predicted octanol–water partition coefficient (Wildman–Crippen LogP) is 4.12. The second-order valence-corrected chi connectivity index (χ2v) is 12.0. The van der Waals surface area contributed by atoms with Gasteiger partial charge in [0.2, 0.25) is 11.8 Å². The highest BCUT2D eigenvalue weighted by Gasteiger charge is 2.41. The van der Waals surface area contributed by atoms with E-state index in [-0.39, 0.29) is 72.7 Å². The standard InChI is InChI=1S/C30H33Cl2IN2O8/c1-17(38)4-3-5-27(39)35(15-18-6-7-21(31)22(32)10-18)24-13-20(30(41)34-8-9-36)14-25(28(24)40)43-29-23(33)11-19(16-37)12-26(29)42-2/h6-7,10-12,14,16,24-25,28,36,40H,3-5,8-9,13,15H2,1-2H3,(H,34,41). The number of rotatable bonds is 14. The zero-order valence-electron chi connectivity index (χ0n) is 23.6. The van der Waals surface area contributed by atoms with Crippen LogP contribution in [0.4, 0.5) is 0 Å². The van der Waals surface area contributed by atoms with Crippen molar-refractivity contribution in [3.63, 3.8) is 0 Å². The van der Waals surface area contributed by atoms with E-state index in [0.717, 1.165) is 0 Å². The second kappa shape index (κ2) is 16.4. The molecule has 3 N–H and O–H groups in total. The zero-order chi connectivity index (χ0) is 31.7. The average Bonchev–Trinajstić information content (AvgIpc) is 2.97. The normalized spacial score (nSPS) is 17.9. The summed E-state index contributed by atoms with van der Waals surface area (Å²) >= 11 is 14.3. The summed E-state index contributed by atoms with van der Waals surface area (Å²) in [6.07, 6.45) is 0.277. The highest BCUT2D eigenvalue weighted by atomic mass is 127. The summed E-state index contributed by atoms with van der Waals surface area (Å²) in [6, 6.07) is 7.08. The summed E-state index contributed by atoms with van der Waals surface area (Å²) in [4.78, 5) is 51.1. The van der Waals surface area contributed by atoms with Crippen LogP contribution >= 0.6 is 45.8 Å². The van der Waals surface area contributed by atoms with Crippen LogP contribution in [0, 0.1) is 3.57 Å². The summed E-state index contributed by atoms with van der Waals surface area (Å²) in [5.41, 5.74) is 1.24. The smallest absolute Gasteiger partial charge is 0.247 e. The molecular formula is C30H33Cl2IN2O8. The van der Waals surface area contributed by atoms with Crippen molar-refractivity contribution in [1.29, 1.82) is 0 Å². The van der Waals surface area contributed by atoms with Crippen molar-refractivity contribution in [2.45, 2.75) is 57.4 Å². The van der Waals surface area contributed by atoms with E-state index in [9.17, 15) is 29.4 Å². The zero-order valence-corrected chi connectivity index (χ0v) is 27.3. The number of methoxy groups -OCH3 is 1. The van der Waals surface area contributed by atoms with Crippen LogP contribution in [0.5, 0.6) is 11.5 Å². The minimum absolute atomic E-state index is 0.00472. The van der Waals surface area contributed by atoms with Gasteiger partial charge in [-0.3, -0.25) is 14.4 Å². The van der Waals surface area contributed by atoms with Gasteiger partial charge in [0.05, 0.1) is 33.4 Å². The summed E-state index contributed by atoms with van der Waals surface area (Å²) in [5.74, 6) is -0.389. The Morgan fingerprint density at radius 2 is 1.91 bits per heavy atom. The van der Waals surface area contributed by atoms with Crippen LogP contribution in [0.15, 0.2) is 42.0 Å². The van der Waals surface area contributed by atoms with Crippen LogP contribution in [-0.2, 0) is 20.9 Å². The highest BCUT2D eigenvalue weighted by Crippen LogP contribution is 2.37. The quantitative estimate of drug-likeness (QED) is 0.194. The van der Waals surface area contributed by atoms with Crippen LogP contribution in [0.3, 0.4) is 0 Å². The third kappa shape index (κ3) is 9.39.